The van der Waals surface area contributed by atoms with Crippen LogP contribution in [0.4, 0.5) is 0 Å². The van der Waals surface area contributed by atoms with Gasteiger partial charge < -0.3 is 4.74 Å². The highest BCUT2D eigenvalue weighted by molar-refractivity contribution is 5.88. The molecule has 0 aromatic heterocycles. The molecule has 0 atom stereocenters. The van der Waals surface area contributed by atoms with Gasteiger partial charge in [-0.15, -0.1) is 0 Å². The van der Waals surface area contributed by atoms with Crippen LogP contribution in [0.15, 0.2) is 85.5 Å². The topological polar surface area (TPSA) is 26.3 Å². The summed E-state index contributed by atoms with van der Waals surface area (Å²) in [4.78, 5) is 11.3. The predicted octanol–water partition coefficient (Wildman–Crippen LogP) is 8.55. The van der Waals surface area contributed by atoms with Crippen LogP contribution in [-0.4, -0.2) is 18.5 Å². The zero-order valence-corrected chi connectivity index (χ0v) is 21.0. The van der Waals surface area contributed by atoms with Crippen molar-refractivity contribution in [3.05, 3.63) is 96.6 Å². The van der Waals surface area contributed by atoms with Gasteiger partial charge in [0.05, 0.1) is 6.10 Å². The van der Waals surface area contributed by atoms with E-state index >= 15 is 0 Å². The summed E-state index contributed by atoms with van der Waals surface area (Å²) in [5.74, 6) is 0.720. The number of allylic oxidation sites excluding steroid dienone is 1. The molecule has 182 valence electrons. The molecule has 1 aliphatic carbocycles. The molecule has 0 spiro atoms. The highest BCUT2D eigenvalue weighted by atomic mass is 16.5. The first-order chi connectivity index (χ1) is 17.2. The summed E-state index contributed by atoms with van der Waals surface area (Å²) < 4.78 is 6.01. The van der Waals surface area contributed by atoms with Crippen molar-refractivity contribution in [2.75, 3.05) is 6.61 Å². The summed E-state index contributed by atoms with van der Waals surface area (Å²) in [5.41, 5.74) is 7.91. The summed E-state index contributed by atoms with van der Waals surface area (Å²) in [6, 6.07) is 27.0. The molecule has 0 radical (unpaired) electrons. The van der Waals surface area contributed by atoms with Crippen molar-refractivity contribution in [3.63, 3.8) is 0 Å². The number of ether oxygens (including phenoxy) is 1. The Hall–Kier alpha value is -2.97. The van der Waals surface area contributed by atoms with E-state index in [4.69, 9.17) is 4.74 Å². The lowest BCUT2D eigenvalue weighted by atomic mass is 9.82. The van der Waals surface area contributed by atoms with E-state index in [1.54, 1.807) is 0 Å². The van der Waals surface area contributed by atoms with Crippen LogP contribution in [0, 0.1) is 0 Å². The first-order valence-corrected chi connectivity index (χ1v) is 13.2. The quantitative estimate of drug-likeness (QED) is 0.209. The second-order valence-electron chi connectivity index (χ2n) is 9.76. The third kappa shape index (κ3) is 7.02. The van der Waals surface area contributed by atoms with Crippen molar-refractivity contribution in [1.29, 1.82) is 0 Å². The molecule has 0 bridgehead atoms. The molecule has 3 aromatic carbocycles. The number of hydrogen-bond acceptors (Lipinski definition) is 2. The maximum Gasteiger partial charge on any atom is 0.155 e. The Bertz CT molecular complexity index is 1070. The zero-order valence-electron chi connectivity index (χ0n) is 21.0. The first-order valence-electron chi connectivity index (χ1n) is 13.2. The van der Waals surface area contributed by atoms with Gasteiger partial charge in [-0.2, -0.15) is 0 Å². The van der Waals surface area contributed by atoms with Gasteiger partial charge in [-0.05, 0) is 83.9 Å². The molecule has 3 aromatic rings. The van der Waals surface area contributed by atoms with Crippen LogP contribution in [0.2, 0.25) is 0 Å². The van der Waals surface area contributed by atoms with E-state index in [0.29, 0.717) is 25.0 Å². The summed E-state index contributed by atoms with van der Waals surface area (Å²) in [6.07, 6.45) is 9.93. The molecule has 1 aliphatic rings. The van der Waals surface area contributed by atoms with Crippen LogP contribution < -0.4 is 0 Å². The fourth-order valence-electron chi connectivity index (χ4n) is 5.12. The number of benzene rings is 3. The normalized spacial score (nSPS) is 17.7. The molecular weight excluding hydrogens is 428 g/mol. The molecule has 2 heteroatoms. The van der Waals surface area contributed by atoms with Crippen molar-refractivity contribution in [3.8, 4) is 22.3 Å². The summed E-state index contributed by atoms with van der Waals surface area (Å²) in [6.45, 7) is 6.42. The van der Waals surface area contributed by atoms with E-state index in [-0.39, 0.29) is 5.78 Å². The van der Waals surface area contributed by atoms with Gasteiger partial charge in [0.25, 0.3) is 0 Å². The van der Waals surface area contributed by atoms with Crippen molar-refractivity contribution < 1.29 is 9.53 Å². The largest absolute Gasteiger partial charge is 0.378 e. The molecule has 0 N–H and O–H groups in total. The van der Waals surface area contributed by atoms with Gasteiger partial charge >= 0.3 is 0 Å². The van der Waals surface area contributed by atoms with Crippen LogP contribution in [0.5, 0.6) is 0 Å². The van der Waals surface area contributed by atoms with Crippen LogP contribution in [0.1, 0.15) is 68.9 Å². The third-order valence-corrected chi connectivity index (χ3v) is 7.25. The van der Waals surface area contributed by atoms with E-state index in [1.165, 1.54) is 58.7 Å². The van der Waals surface area contributed by atoms with Gasteiger partial charge in [-0.3, -0.25) is 4.79 Å². The van der Waals surface area contributed by atoms with E-state index in [2.05, 4.69) is 86.3 Å². The van der Waals surface area contributed by atoms with Crippen molar-refractivity contribution >= 4 is 5.78 Å². The van der Waals surface area contributed by atoms with E-state index in [1.807, 2.05) is 0 Å². The average Bonchev–Trinajstić information content (AvgIpc) is 2.92. The monoisotopic (exact) mass is 466 g/mol. The molecule has 4 rings (SSSR count). The minimum atomic E-state index is 0.105. The molecule has 1 fully saturated rings. The summed E-state index contributed by atoms with van der Waals surface area (Å²) in [5, 5.41) is 0. The second-order valence-corrected chi connectivity index (χ2v) is 9.76. The van der Waals surface area contributed by atoms with Gasteiger partial charge in [-0.25, -0.2) is 0 Å². The third-order valence-electron chi connectivity index (χ3n) is 7.25. The fourth-order valence-corrected chi connectivity index (χ4v) is 5.12. The van der Waals surface area contributed by atoms with Gasteiger partial charge in [-0.1, -0.05) is 92.7 Å². The van der Waals surface area contributed by atoms with Crippen LogP contribution in [0.3, 0.4) is 0 Å². The van der Waals surface area contributed by atoms with E-state index in [0.717, 1.165) is 25.7 Å². The van der Waals surface area contributed by atoms with Crippen LogP contribution in [0.25, 0.3) is 22.3 Å². The molecule has 2 nitrogen and oxygen atoms in total. The maximum absolute atomic E-state index is 11.3. The molecule has 0 heterocycles. The van der Waals surface area contributed by atoms with Crippen LogP contribution >= 0.6 is 0 Å². The average molecular weight is 467 g/mol. The number of hydrogen-bond donors (Lipinski definition) is 0. The van der Waals surface area contributed by atoms with E-state index < -0.39 is 0 Å². The number of aryl methyl sites for hydroxylation is 1. The molecule has 0 unspecified atom stereocenters. The van der Waals surface area contributed by atoms with Crippen molar-refractivity contribution in [2.45, 2.75) is 70.3 Å². The lowest BCUT2D eigenvalue weighted by Gasteiger charge is -2.29. The molecule has 0 saturated heterocycles. The Morgan fingerprint density at radius 3 is 1.86 bits per heavy atom. The standard InChI is InChI=1S/C33H38O2/c1-3-6-25-8-10-26(11-9-25)27-12-14-28(15-13-27)29-16-18-30(19-17-29)31-20-22-33(23-21-31)35-24-5-7-32(34)4-2/h4,8-19,31,33H,2-3,5-7,20-24H2,1H3. The lowest BCUT2D eigenvalue weighted by Crippen LogP contribution is -2.21. The Morgan fingerprint density at radius 1 is 0.829 bits per heavy atom. The number of carbonyl (C=O) groups excluding carboxylic acids is 1. The first kappa shape index (κ1) is 25.1. The molecule has 1 saturated carbocycles. The highest BCUT2D eigenvalue weighted by Crippen LogP contribution is 2.35. The lowest BCUT2D eigenvalue weighted by molar-refractivity contribution is -0.115. The summed E-state index contributed by atoms with van der Waals surface area (Å²) in [7, 11) is 0. The number of carbonyl (C=O) groups is 1. The fraction of sp³-hybridized carbons (Fsp3) is 0.364. The van der Waals surface area contributed by atoms with Gasteiger partial charge in [0.1, 0.15) is 0 Å². The Morgan fingerprint density at radius 2 is 1.34 bits per heavy atom. The van der Waals surface area contributed by atoms with Crippen molar-refractivity contribution in [2.24, 2.45) is 0 Å². The maximum atomic E-state index is 11.3. The smallest absolute Gasteiger partial charge is 0.155 e. The van der Waals surface area contributed by atoms with Crippen molar-refractivity contribution in [1.82, 2.24) is 0 Å². The van der Waals surface area contributed by atoms with Gasteiger partial charge in [0.15, 0.2) is 5.78 Å². The zero-order chi connectivity index (χ0) is 24.5. The Labute approximate surface area is 211 Å². The summed E-state index contributed by atoms with van der Waals surface area (Å²) >= 11 is 0. The predicted molar refractivity (Wildman–Crippen MR) is 147 cm³/mol. The SMILES string of the molecule is C=CC(=O)CCCOC1CCC(c2ccc(-c3ccc(-c4ccc(CCC)cc4)cc3)cc2)CC1. The Kier molecular flexibility index (Phi) is 9.08. The molecule has 35 heavy (non-hydrogen) atoms. The minimum absolute atomic E-state index is 0.105. The van der Waals surface area contributed by atoms with Gasteiger partial charge in [0, 0.05) is 13.0 Å². The molecular formula is C33H38O2. The second kappa shape index (κ2) is 12.7. The molecule has 0 amide bonds. The molecule has 0 aliphatic heterocycles. The Balaban J connectivity index is 1.28. The van der Waals surface area contributed by atoms with Gasteiger partial charge in [0.2, 0.25) is 0 Å². The highest BCUT2D eigenvalue weighted by Gasteiger charge is 2.22. The number of ketones is 1. The van der Waals surface area contributed by atoms with Crippen LogP contribution in [-0.2, 0) is 16.0 Å². The minimum Gasteiger partial charge on any atom is -0.378 e. The number of rotatable bonds is 11. The van der Waals surface area contributed by atoms with E-state index in [9.17, 15) is 4.79 Å².